The molecule has 1 aliphatic heterocycles. The summed E-state index contributed by atoms with van der Waals surface area (Å²) in [6.45, 7) is 2.84. The summed E-state index contributed by atoms with van der Waals surface area (Å²) in [6.07, 6.45) is 1.47. The minimum atomic E-state index is 0.255. The van der Waals surface area contributed by atoms with E-state index in [1.54, 1.807) is 11.3 Å². The molecule has 0 saturated carbocycles. The van der Waals surface area contributed by atoms with Gasteiger partial charge in [0.05, 0.1) is 10.2 Å². The summed E-state index contributed by atoms with van der Waals surface area (Å²) in [7, 11) is 0. The van der Waals surface area contributed by atoms with Gasteiger partial charge in [-0.05, 0) is 36.2 Å². The van der Waals surface area contributed by atoms with Gasteiger partial charge in [0.15, 0.2) is 28.3 Å². The number of nitrogens with zero attached hydrogens (tertiary/aromatic N) is 3. The number of para-hydroxylation sites is 1. The highest BCUT2D eigenvalue weighted by Gasteiger charge is 2.14. The molecule has 0 aliphatic carbocycles. The van der Waals surface area contributed by atoms with Gasteiger partial charge in [-0.1, -0.05) is 29.5 Å². The van der Waals surface area contributed by atoms with Crippen LogP contribution in [0.1, 0.15) is 11.1 Å². The molecule has 3 heterocycles. The Labute approximate surface area is 170 Å². The molecule has 1 aliphatic rings. The highest BCUT2D eigenvalue weighted by molar-refractivity contribution is 7.22. The van der Waals surface area contributed by atoms with Crippen LogP contribution in [0.25, 0.3) is 10.2 Å². The monoisotopic (exact) mass is 406 g/mol. The summed E-state index contributed by atoms with van der Waals surface area (Å²) in [5.41, 5.74) is 9.87. The zero-order chi connectivity index (χ0) is 19.8. The Balaban J connectivity index is 1.34. The summed E-state index contributed by atoms with van der Waals surface area (Å²) < 4.78 is 11.9. The van der Waals surface area contributed by atoms with Crippen LogP contribution in [0.5, 0.6) is 11.5 Å². The zero-order valence-electron chi connectivity index (χ0n) is 15.6. The number of thiazole rings is 1. The normalized spacial score (nSPS) is 12.3. The first-order valence-electron chi connectivity index (χ1n) is 9.03. The number of fused-ring (bicyclic) bond motifs is 2. The largest absolute Gasteiger partial charge is 0.454 e. The first kappa shape index (κ1) is 17.5. The molecular weight excluding hydrogens is 388 g/mol. The van der Waals surface area contributed by atoms with Crippen molar-refractivity contribution in [3.05, 3.63) is 53.9 Å². The lowest BCUT2D eigenvalue weighted by molar-refractivity contribution is 0.174. The van der Waals surface area contributed by atoms with Gasteiger partial charge in [-0.15, -0.1) is 0 Å². The average molecular weight is 406 g/mol. The quantitative estimate of drug-likeness (QED) is 0.455. The fourth-order valence-corrected chi connectivity index (χ4v) is 4.06. The summed E-state index contributed by atoms with van der Waals surface area (Å²) in [5.74, 6) is 2.57. The third-order valence-electron chi connectivity index (χ3n) is 4.63. The Morgan fingerprint density at radius 2 is 1.97 bits per heavy atom. The molecule has 0 saturated heterocycles. The van der Waals surface area contributed by atoms with Gasteiger partial charge in [0, 0.05) is 6.54 Å². The van der Waals surface area contributed by atoms with E-state index in [1.807, 2.05) is 43.3 Å². The summed E-state index contributed by atoms with van der Waals surface area (Å²) in [5, 5.41) is 7.21. The maximum atomic E-state index is 6.29. The van der Waals surface area contributed by atoms with Gasteiger partial charge < -0.3 is 25.8 Å². The molecule has 0 bridgehead atoms. The molecule has 0 atom stereocenters. The maximum absolute atomic E-state index is 6.29. The van der Waals surface area contributed by atoms with E-state index < -0.39 is 0 Å². The number of ether oxygens (including phenoxy) is 2. The van der Waals surface area contributed by atoms with Crippen LogP contribution < -0.4 is 25.8 Å². The van der Waals surface area contributed by atoms with Gasteiger partial charge in [0.2, 0.25) is 6.79 Å². The van der Waals surface area contributed by atoms with E-state index >= 15 is 0 Å². The molecule has 9 heteroatoms. The molecule has 0 amide bonds. The molecule has 2 aromatic heterocycles. The number of benzene rings is 2. The van der Waals surface area contributed by atoms with E-state index in [-0.39, 0.29) is 6.79 Å². The van der Waals surface area contributed by atoms with Crippen molar-refractivity contribution < 1.29 is 9.47 Å². The highest BCUT2D eigenvalue weighted by Crippen LogP contribution is 2.34. The number of nitrogen functional groups attached to an aromatic ring is 1. The van der Waals surface area contributed by atoms with E-state index in [2.05, 4.69) is 25.6 Å². The first-order valence-corrected chi connectivity index (χ1v) is 9.85. The van der Waals surface area contributed by atoms with Crippen LogP contribution in [0, 0.1) is 6.92 Å². The van der Waals surface area contributed by atoms with Crippen LogP contribution >= 0.6 is 11.3 Å². The summed E-state index contributed by atoms with van der Waals surface area (Å²) in [4.78, 5) is 13.2. The molecule has 4 N–H and O–H groups in total. The Hall–Kier alpha value is -3.59. The lowest BCUT2D eigenvalue weighted by Crippen LogP contribution is -2.08. The summed E-state index contributed by atoms with van der Waals surface area (Å²) in [6, 6.07) is 11.9. The standard InChI is InChI=1S/C20H18N6O2S/c1-11-3-2-4-15-17(11)25-20(29-15)26-19-16(21)18(23-9-24-19)22-8-12-5-6-13-14(7-12)28-10-27-13/h2-7,9H,8,10,21H2,1H3,(H2,22,23,24,25,26). The summed E-state index contributed by atoms with van der Waals surface area (Å²) >= 11 is 1.56. The molecule has 0 spiro atoms. The third-order valence-corrected chi connectivity index (χ3v) is 5.56. The molecule has 0 fully saturated rings. The molecule has 0 radical (unpaired) electrons. The SMILES string of the molecule is Cc1cccc2sc(Nc3ncnc(NCc4ccc5c(c4)OCO5)c3N)nc12. The third kappa shape index (κ3) is 3.36. The molecule has 29 heavy (non-hydrogen) atoms. The Bertz CT molecular complexity index is 1210. The minimum Gasteiger partial charge on any atom is -0.454 e. The Kier molecular flexibility index (Phi) is 4.28. The predicted molar refractivity (Wildman–Crippen MR) is 114 cm³/mol. The second-order valence-corrected chi connectivity index (χ2v) is 7.62. The van der Waals surface area contributed by atoms with Crippen LogP contribution in [0.3, 0.4) is 0 Å². The number of nitrogens with two attached hydrogens (primary N) is 1. The van der Waals surface area contributed by atoms with Crippen molar-refractivity contribution in [1.82, 2.24) is 15.0 Å². The fraction of sp³-hybridized carbons (Fsp3) is 0.150. The molecule has 5 rings (SSSR count). The van der Waals surface area contributed by atoms with Crippen molar-refractivity contribution in [3.8, 4) is 11.5 Å². The number of hydrogen-bond acceptors (Lipinski definition) is 9. The van der Waals surface area contributed by atoms with Gasteiger partial charge in [-0.3, -0.25) is 0 Å². The Morgan fingerprint density at radius 1 is 1.10 bits per heavy atom. The predicted octanol–water partition coefficient (Wildman–Crippen LogP) is 4.06. The molecule has 0 unspecified atom stereocenters. The topological polar surface area (TPSA) is 107 Å². The van der Waals surface area contributed by atoms with Crippen molar-refractivity contribution in [3.63, 3.8) is 0 Å². The van der Waals surface area contributed by atoms with E-state index in [1.165, 1.54) is 6.33 Å². The van der Waals surface area contributed by atoms with Crippen molar-refractivity contribution >= 4 is 44.0 Å². The van der Waals surface area contributed by atoms with Crippen LogP contribution in [0.4, 0.5) is 22.5 Å². The van der Waals surface area contributed by atoms with Crippen LogP contribution in [-0.4, -0.2) is 21.7 Å². The van der Waals surface area contributed by atoms with Gasteiger partial charge in [-0.2, -0.15) is 0 Å². The number of aromatic nitrogens is 3. The van der Waals surface area contributed by atoms with Gasteiger partial charge in [0.1, 0.15) is 12.0 Å². The Morgan fingerprint density at radius 3 is 2.86 bits per heavy atom. The van der Waals surface area contributed by atoms with Crippen LogP contribution in [0.15, 0.2) is 42.7 Å². The second kappa shape index (κ2) is 7.10. The van der Waals surface area contributed by atoms with E-state index in [4.69, 9.17) is 15.2 Å². The second-order valence-electron chi connectivity index (χ2n) is 6.59. The van der Waals surface area contributed by atoms with E-state index in [9.17, 15) is 0 Å². The van der Waals surface area contributed by atoms with Crippen LogP contribution in [0.2, 0.25) is 0 Å². The molecule has 146 valence electrons. The molecule has 4 aromatic rings. The van der Waals surface area contributed by atoms with E-state index in [0.29, 0.717) is 23.9 Å². The molecule has 8 nitrogen and oxygen atoms in total. The van der Waals surface area contributed by atoms with Gasteiger partial charge >= 0.3 is 0 Å². The number of rotatable bonds is 5. The lowest BCUT2D eigenvalue weighted by atomic mass is 10.2. The van der Waals surface area contributed by atoms with Crippen molar-refractivity contribution in [2.75, 3.05) is 23.2 Å². The van der Waals surface area contributed by atoms with Crippen molar-refractivity contribution in [2.45, 2.75) is 13.5 Å². The number of nitrogens with one attached hydrogen (secondary N) is 2. The van der Waals surface area contributed by atoms with E-state index in [0.717, 1.165) is 38.0 Å². The highest BCUT2D eigenvalue weighted by atomic mass is 32.1. The number of anilines is 4. The number of hydrogen-bond donors (Lipinski definition) is 3. The van der Waals surface area contributed by atoms with Crippen molar-refractivity contribution in [1.29, 1.82) is 0 Å². The maximum Gasteiger partial charge on any atom is 0.231 e. The lowest BCUT2D eigenvalue weighted by Gasteiger charge is -2.11. The smallest absolute Gasteiger partial charge is 0.231 e. The number of aryl methyl sites for hydroxylation is 1. The first-order chi connectivity index (χ1) is 14.2. The fourth-order valence-electron chi connectivity index (χ4n) is 3.11. The zero-order valence-corrected chi connectivity index (χ0v) is 16.4. The molecule has 2 aromatic carbocycles. The van der Waals surface area contributed by atoms with Gasteiger partial charge in [-0.25, -0.2) is 15.0 Å². The van der Waals surface area contributed by atoms with Crippen LogP contribution in [-0.2, 0) is 6.54 Å². The minimum absolute atomic E-state index is 0.255. The molecular formula is C20H18N6O2S. The average Bonchev–Trinajstić information content (AvgIpc) is 3.35. The van der Waals surface area contributed by atoms with Crippen molar-refractivity contribution in [2.24, 2.45) is 0 Å². The van der Waals surface area contributed by atoms with Gasteiger partial charge in [0.25, 0.3) is 0 Å².